The van der Waals surface area contributed by atoms with Gasteiger partial charge in [-0.25, -0.2) is 0 Å². The molecule has 1 aromatic rings. The van der Waals surface area contributed by atoms with Gasteiger partial charge in [0.1, 0.15) is 5.75 Å². The molecule has 0 bridgehead atoms. The summed E-state index contributed by atoms with van der Waals surface area (Å²) in [6.45, 7) is 16.8. The Kier molecular flexibility index (Phi) is 9.39. The van der Waals surface area contributed by atoms with Gasteiger partial charge in [0.05, 0.1) is 6.16 Å². The topological polar surface area (TPSA) is 77.8 Å². The van der Waals surface area contributed by atoms with Gasteiger partial charge < -0.3 is 21.8 Å². The monoisotopic (exact) mass is 387 g/mol. The van der Waals surface area contributed by atoms with Gasteiger partial charge in [-0.1, -0.05) is 53.7 Å². The van der Waals surface area contributed by atoms with Crippen LogP contribution in [0.5, 0.6) is 5.75 Å². The second-order valence-corrected chi connectivity index (χ2v) is 9.01. The van der Waals surface area contributed by atoms with Crippen LogP contribution < -0.4 is 0 Å². The zero-order chi connectivity index (χ0) is 17.9. The van der Waals surface area contributed by atoms with E-state index >= 15 is 0 Å². The number of hydrogen-bond acceptors (Lipinski definition) is 2. The van der Waals surface area contributed by atoms with Crippen LogP contribution in [0.15, 0.2) is 12.1 Å². The third kappa shape index (κ3) is 7.85. The van der Waals surface area contributed by atoms with Crippen molar-refractivity contribution < 1.29 is 35.9 Å². The Hall–Kier alpha value is -0.336. The molecule has 0 aliphatic heterocycles. The Balaban J connectivity index is 0. The van der Waals surface area contributed by atoms with Gasteiger partial charge in [0.25, 0.3) is 0 Å². The largest absolute Gasteiger partial charge is 0.507 e. The van der Waals surface area contributed by atoms with Gasteiger partial charge in [-0.2, -0.15) is 6.92 Å². The summed E-state index contributed by atoms with van der Waals surface area (Å²) in [6.07, 6.45) is -0.306. The molecule has 0 radical (unpaired) electrons. The molecule has 0 saturated heterocycles. The maximum Gasteiger partial charge on any atom is 0.329 e. The normalized spacial score (nSPS) is 12.1. The number of benzene rings is 1. The molecular weight excluding hydrogens is 358 g/mol. The first kappa shape index (κ1) is 24.9. The van der Waals surface area contributed by atoms with Gasteiger partial charge >= 0.3 is 7.60 Å². The SMILES string of the molecule is CC(C)(C)c1cc(CP(=O)(O)O)cc(C(C)(C)C)c1O.[CH2-]C.[Ni]. The van der Waals surface area contributed by atoms with Gasteiger partial charge in [0.15, 0.2) is 0 Å². The van der Waals surface area contributed by atoms with E-state index in [-0.39, 0.29) is 39.2 Å². The van der Waals surface area contributed by atoms with Gasteiger partial charge in [-0.3, -0.25) is 4.57 Å². The van der Waals surface area contributed by atoms with Crippen LogP contribution >= 0.6 is 7.60 Å². The zero-order valence-corrected chi connectivity index (χ0v) is 17.0. The number of aromatic hydroxyl groups is 1. The van der Waals surface area contributed by atoms with Crippen molar-refractivity contribution in [2.45, 2.75) is 65.5 Å². The Bertz CT molecular complexity index is 516. The third-order valence-corrected chi connectivity index (χ3v) is 3.95. The zero-order valence-electron chi connectivity index (χ0n) is 15.1. The van der Waals surface area contributed by atoms with Crippen LogP contribution in [0.25, 0.3) is 0 Å². The van der Waals surface area contributed by atoms with E-state index in [9.17, 15) is 19.5 Å². The summed E-state index contributed by atoms with van der Waals surface area (Å²) in [7, 11) is -4.13. The van der Waals surface area contributed by atoms with E-state index in [0.29, 0.717) is 16.7 Å². The van der Waals surface area contributed by atoms with Crippen molar-refractivity contribution in [1.82, 2.24) is 0 Å². The van der Waals surface area contributed by atoms with E-state index in [1.165, 1.54) is 0 Å². The van der Waals surface area contributed by atoms with Crippen LogP contribution in [-0.2, 0) is 38.0 Å². The van der Waals surface area contributed by atoms with E-state index in [2.05, 4.69) is 6.92 Å². The molecule has 1 rings (SSSR count). The molecule has 138 valence electrons. The second-order valence-electron chi connectivity index (χ2n) is 7.36. The Morgan fingerprint density at radius 1 is 0.957 bits per heavy atom. The molecule has 0 unspecified atom stereocenters. The standard InChI is InChI=1S/C15H25O4P.C2H5.Ni/c1-14(2,3)11-7-10(9-20(17,18)19)8-12(13(11)16)15(4,5)6;1-2;/h7-8,16H,9H2,1-6H3,(H2,17,18,19);1H2,2H3;/q;-1;. The molecule has 0 aliphatic rings. The molecule has 6 heteroatoms. The van der Waals surface area contributed by atoms with Crippen LogP contribution in [-0.4, -0.2) is 14.9 Å². The molecule has 1 aromatic carbocycles. The van der Waals surface area contributed by atoms with Crippen molar-refractivity contribution in [3.8, 4) is 5.75 Å². The summed E-state index contributed by atoms with van der Waals surface area (Å²) in [5.74, 6) is 0.222. The van der Waals surface area contributed by atoms with E-state index in [0.717, 1.165) is 0 Å². The minimum Gasteiger partial charge on any atom is -0.507 e. The van der Waals surface area contributed by atoms with Crippen LogP contribution in [0.3, 0.4) is 0 Å². The van der Waals surface area contributed by atoms with Crippen molar-refractivity contribution in [3.63, 3.8) is 0 Å². The number of rotatable bonds is 2. The van der Waals surface area contributed by atoms with Gasteiger partial charge in [0.2, 0.25) is 0 Å². The number of phenols is 1. The summed E-state index contributed by atoms with van der Waals surface area (Å²) in [5, 5.41) is 10.5. The van der Waals surface area contributed by atoms with E-state index in [1.807, 2.05) is 41.5 Å². The van der Waals surface area contributed by atoms with Crippen LogP contribution in [0.4, 0.5) is 0 Å². The van der Waals surface area contributed by atoms with Gasteiger partial charge in [0, 0.05) is 16.5 Å². The van der Waals surface area contributed by atoms with Crippen molar-refractivity contribution in [3.05, 3.63) is 35.7 Å². The molecule has 0 amide bonds. The second kappa shape index (κ2) is 8.67. The average Bonchev–Trinajstić information content (AvgIpc) is 2.29. The summed E-state index contributed by atoms with van der Waals surface area (Å²) in [4.78, 5) is 18.4. The maximum absolute atomic E-state index is 11.2. The van der Waals surface area contributed by atoms with Crippen LogP contribution in [0.2, 0.25) is 0 Å². The van der Waals surface area contributed by atoms with Gasteiger partial charge in [-0.05, 0) is 27.5 Å². The number of phenolic OH excluding ortho intramolecular Hbond substituents is 1. The first-order valence-electron chi connectivity index (χ1n) is 7.34. The minimum absolute atomic E-state index is 0. The Morgan fingerprint density at radius 3 is 1.48 bits per heavy atom. The first-order valence-corrected chi connectivity index (χ1v) is 9.14. The predicted octanol–water partition coefficient (Wildman–Crippen LogP) is 4.50. The molecule has 0 aliphatic carbocycles. The summed E-state index contributed by atoms with van der Waals surface area (Å²) >= 11 is 0. The Labute approximate surface area is 150 Å². The van der Waals surface area contributed by atoms with Crippen molar-refractivity contribution in [1.29, 1.82) is 0 Å². The van der Waals surface area contributed by atoms with Crippen molar-refractivity contribution in [2.24, 2.45) is 0 Å². The minimum atomic E-state index is -4.13. The average molecular weight is 388 g/mol. The fraction of sp³-hybridized carbons (Fsp3) is 0.588. The van der Waals surface area contributed by atoms with E-state index in [1.54, 1.807) is 19.1 Å². The first-order chi connectivity index (χ1) is 9.72. The molecular formula is C17H30NiO4P-. The smallest absolute Gasteiger partial charge is 0.329 e. The van der Waals surface area contributed by atoms with Gasteiger partial charge in [-0.15, -0.1) is 0 Å². The molecule has 4 nitrogen and oxygen atoms in total. The molecule has 0 saturated carbocycles. The van der Waals surface area contributed by atoms with Crippen LogP contribution in [0, 0.1) is 6.92 Å². The predicted molar refractivity (Wildman–Crippen MR) is 92.3 cm³/mol. The third-order valence-electron chi connectivity index (χ3n) is 3.17. The van der Waals surface area contributed by atoms with Crippen molar-refractivity contribution in [2.75, 3.05) is 0 Å². The summed E-state index contributed by atoms with van der Waals surface area (Å²) < 4.78 is 11.2. The summed E-state index contributed by atoms with van der Waals surface area (Å²) in [6, 6.07) is 3.40. The molecule has 0 fully saturated rings. The fourth-order valence-electron chi connectivity index (χ4n) is 2.17. The molecule has 0 spiro atoms. The number of hydrogen-bond donors (Lipinski definition) is 3. The molecule has 23 heavy (non-hydrogen) atoms. The van der Waals surface area contributed by atoms with Crippen LogP contribution in [0.1, 0.15) is 65.2 Å². The quantitative estimate of drug-likeness (QED) is 0.396. The fourth-order valence-corrected chi connectivity index (χ4v) is 2.83. The van der Waals surface area contributed by atoms with E-state index in [4.69, 9.17) is 0 Å². The molecule has 3 N–H and O–H groups in total. The maximum atomic E-state index is 11.2. The molecule has 0 atom stereocenters. The molecule has 0 aromatic heterocycles. The van der Waals surface area contributed by atoms with Crippen molar-refractivity contribution >= 4 is 7.60 Å². The van der Waals surface area contributed by atoms with E-state index < -0.39 is 7.60 Å². The molecule has 0 heterocycles. The Morgan fingerprint density at radius 2 is 1.26 bits per heavy atom. The summed E-state index contributed by atoms with van der Waals surface area (Å²) in [5.41, 5.74) is 1.40.